The Labute approximate surface area is 148 Å². The molecule has 0 saturated heterocycles. The van der Waals surface area contributed by atoms with E-state index in [1.54, 1.807) is 0 Å². The van der Waals surface area contributed by atoms with Gasteiger partial charge < -0.3 is 15.2 Å². The third-order valence-electron chi connectivity index (χ3n) is 4.26. The molecule has 1 heterocycles. The van der Waals surface area contributed by atoms with Crippen molar-refractivity contribution in [3.8, 4) is 5.75 Å². The van der Waals surface area contributed by atoms with Gasteiger partial charge in [0.2, 0.25) is 0 Å². The van der Waals surface area contributed by atoms with Gasteiger partial charge in [-0.15, -0.1) is 0 Å². The van der Waals surface area contributed by atoms with Crippen molar-refractivity contribution in [1.82, 2.24) is 0 Å². The number of fused-ring (bicyclic) bond motifs is 1. The predicted octanol–water partition coefficient (Wildman–Crippen LogP) is 5.64. The van der Waals surface area contributed by atoms with Crippen LogP contribution in [0.1, 0.15) is 71.8 Å². The van der Waals surface area contributed by atoms with Gasteiger partial charge in [0.1, 0.15) is 5.75 Å². The van der Waals surface area contributed by atoms with Crippen LogP contribution in [0.4, 0.5) is 5.69 Å². The van der Waals surface area contributed by atoms with Crippen LogP contribution in [0.25, 0.3) is 5.57 Å². The van der Waals surface area contributed by atoms with Crippen LogP contribution in [0.2, 0.25) is 0 Å². The molecule has 1 aromatic rings. The SMILES string of the molecule is C1CCCCC1.CCOc1ccc2c(c1)C(C)=CC(C)(C)N2.CO. The number of aliphatic hydroxyl groups excluding tert-OH is 1. The first-order valence-electron chi connectivity index (χ1n) is 9.21. The zero-order chi connectivity index (χ0) is 18.0. The van der Waals surface area contributed by atoms with E-state index in [9.17, 15) is 0 Å². The lowest BCUT2D eigenvalue weighted by Crippen LogP contribution is -2.31. The number of aliphatic hydroxyl groups is 1. The Hall–Kier alpha value is -1.48. The van der Waals surface area contributed by atoms with Crippen LogP contribution in [0.3, 0.4) is 0 Å². The standard InChI is InChI=1S/C14H19NO.C6H12.CH4O/c1-5-16-11-6-7-13-12(8-11)10(2)9-14(3,4)15-13;1-2-4-6-5-3-1;1-2/h6-9,15H,5H2,1-4H3;1-6H2;2H,1H3. The summed E-state index contributed by atoms with van der Waals surface area (Å²) < 4.78 is 5.52. The Morgan fingerprint density at radius 1 is 1.04 bits per heavy atom. The van der Waals surface area contributed by atoms with Crippen LogP contribution in [0, 0.1) is 0 Å². The van der Waals surface area contributed by atoms with Crippen molar-refractivity contribution < 1.29 is 9.84 Å². The summed E-state index contributed by atoms with van der Waals surface area (Å²) in [5.41, 5.74) is 3.77. The largest absolute Gasteiger partial charge is 0.494 e. The van der Waals surface area contributed by atoms with Crippen LogP contribution in [-0.2, 0) is 0 Å². The molecule has 0 spiro atoms. The number of hydrogen-bond donors (Lipinski definition) is 2. The molecule has 1 saturated carbocycles. The molecule has 1 aromatic carbocycles. The molecule has 3 heteroatoms. The van der Waals surface area contributed by atoms with E-state index in [0.29, 0.717) is 6.61 Å². The van der Waals surface area contributed by atoms with E-state index in [2.05, 4.69) is 44.3 Å². The highest BCUT2D eigenvalue weighted by molar-refractivity contribution is 5.80. The molecule has 2 aliphatic rings. The molecule has 136 valence electrons. The summed E-state index contributed by atoms with van der Waals surface area (Å²) in [6, 6.07) is 6.22. The second-order valence-corrected chi connectivity index (χ2v) is 6.94. The number of anilines is 1. The second kappa shape index (κ2) is 10.4. The van der Waals surface area contributed by atoms with Crippen molar-refractivity contribution in [2.45, 2.75) is 71.8 Å². The van der Waals surface area contributed by atoms with Gasteiger partial charge in [-0.2, -0.15) is 0 Å². The Bertz CT molecular complexity index is 505. The smallest absolute Gasteiger partial charge is 0.120 e. The second-order valence-electron chi connectivity index (χ2n) is 6.94. The maximum atomic E-state index is 7.00. The number of ether oxygens (including phenoxy) is 1. The Balaban J connectivity index is 0.000000300. The van der Waals surface area contributed by atoms with Crippen LogP contribution in [0.5, 0.6) is 5.75 Å². The summed E-state index contributed by atoms with van der Waals surface area (Å²) in [7, 11) is 1.00. The van der Waals surface area contributed by atoms with Crippen LogP contribution < -0.4 is 10.1 Å². The highest BCUT2D eigenvalue weighted by atomic mass is 16.5. The fourth-order valence-corrected chi connectivity index (χ4v) is 3.28. The molecular formula is C21H35NO2. The molecule has 3 rings (SSSR count). The van der Waals surface area contributed by atoms with Crippen LogP contribution in [0.15, 0.2) is 24.3 Å². The van der Waals surface area contributed by atoms with E-state index in [1.165, 1.54) is 55.3 Å². The first kappa shape index (κ1) is 20.6. The van der Waals surface area contributed by atoms with Gasteiger partial charge in [0.05, 0.1) is 12.1 Å². The highest BCUT2D eigenvalue weighted by Crippen LogP contribution is 2.35. The average Bonchev–Trinajstić information content (AvgIpc) is 2.59. The average molecular weight is 334 g/mol. The Morgan fingerprint density at radius 2 is 1.58 bits per heavy atom. The lowest BCUT2D eigenvalue weighted by atomic mass is 9.91. The van der Waals surface area contributed by atoms with E-state index in [-0.39, 0.29) is 5.54 Å². The van der Waals surface area contributed by atoms with Crippen molar-refractivity contribution in [3.63, 3.8) is 0 Å². The van der Waals surface area contributed by atoms with E-state index in [4.69, 9.17) is 9.84 Å². The molecule has 2 N–H and O–H groups in total. The van der Waals surface area contributed by atoms with Crippen LogP contribution >= 0.6 is 0 Å². The molecule has 0 atom stereocenters. The number of rotatable bonds is 2. The van der Waals surface area contributed by atoms with Gasteiger partial charge in [-0.3, -0.25) is 0 Å². The first-order chi connectivity index (χ1) is 11.5. The van der Waals surface area contributed by atoms with Gasteiger partial charge in [-0.1, -0.05) is 44.6 Å². The molecular weight excluding hydrogens is 298 g/mol. The molecule has 0 aromatic heterocycles. The van der Waals surface area contributed by atoms with E-state index >= 15 is 0 Å². The highest BCUT2D eigenvalue weighted by Gasteiger charge is 2.22. The molecule has 0 bridgehead atoms. The zero-order valence-corrected chi connectivity index (χ0v) is 16.1. The fourth-order valence-electron chi connectivity index (χ4n) is 3.28. The molecule has 0 unspecified atom stereocenters. The van der Waals surface area contributed by atoms with Gasteiger partial charge in [0.15, 0.2) is 0 Å². The van der Waals surface area contributed by atoms with Crippen molar-refractivity contribution in [2.75, 3.05) is 19.0 Å². The maximum absolute atomic E-state index is 7.00. The first-order valence-corrected chi connectivity index (χ1v) is 9.21. The number of hydrogen-bond acceptors (Lipinski definition) is 3. The zero-order valence-electron chi connectivity index (χ0n) is 16.1. The van der Waals surface area contributed by atoms with Gasteiger partial charge in [-0.25, -0.2) is 0 Å². The Kier molecular flexibility index (Phi) is 8.91. The molecule has 0 amide bonds. The minimum absolute atomic E-state index is 0.0320. The normalized spacial score (nSPS) is 17.7. The fraction of sp³-hybridized carbons (Fsp3) is 0.619. The molecule has 24 heavy (non-hydrogen) atoms. The summed E-state index contributed by atoms with van der Waals surface area (Å²) >= 11 is 0. The maximum Gasteiger partial charge on any atom is 0.120 e. The minimum atomic E-state index is 0.0320. The lowest BCUT2D eigenvalue weighted by molar-refractivity contribution is 0.340. The quantitative estimate of drug-likeness (QED) is 0.735. The third-order valence-corrected chi connectivity index (χ3v) is 4.26. The van der Waals surface area contributed by atoms with Gasteiger partial charge in [0, 0.05) is 18.4 Å². The number of benzene rings is 1. The molecule has 1 aliphatic carbocycles. The molecule has 0 radical (unpaired) electrons. The van der Waals surface area contributed by atoms with E-state index in [1.807, 2.05) is 13.0 Å². The predicted molar refractivity (Wildman–Crippen MR) is 105 cm³/mol. The summed E-state index contributed by atoms with van der Waals surface area (Å²) in [6.07, 6.45) is 11.3. The topological polar surface area (TPSA) is 41.5 Å². The summed E-state index contributed by atoms with van der Waals surface area (Å²) in [5, 5.41) is 10.5. The van der Waals surface area contributed by atoms with Crippen molar-refractivity contribution in [3.05, 3.63) is 29.8 Å². The molecule has 1 fully saturated rings. The summed E-state index contributed by atoms with van der Waals surface area (Å²) in [5.74, 6) is 0.940. The summed E-state index contributed by atoms with van der Waals surface area (Å²) in [6.45, 7) is 9.22. The third kappa shape index (κ3) is 6.56. The number of allylic oxidation sites excluding steroid dienone is 1. The van der Waals surface area contributed by atoms with E-state index < -0.39 is 0 Å². The minimum Gasteiger partial charge on any atom is -0.494 e. The molecule has 1 aliphatic heterocycles. The van der Waals surface area contributed by atoms with E-state index in [0.717, 1.165) is 12.9 Å². The lowest BCUT2D eigenvalue weighted by Gasteiger charge is -2.31. The van der Waals surface area contributed by atoms with Crippen molar-refractivity contribution >= 4 is 11.3 Å². The number of nitrogens with one attached hydrogen (secondary N) is 1. The Morgan fingerprint density at radius 3 is 2.08 bits per heavy atom. The van der Waals surface area contributed by atoms with Gasteiger partial charge in [-0.05, 0) is 51.5 Å². The van der Waals surface area contributed by atoms with Crippen molar-refractivity contribution in [1.29, 1.82) is 0 Å². The molecule has 3 nitrogen and oxygen atoms in total. The summed E-state index contributed by atoms with van der Waals surface area (Å²) in [4.78, 5) is 0. The monoisotopic (exact) mass is 333 g/mol. The van der Waals surface area contributed by atoms with Gasteiger partial charge >= 0.3 is 0 Å². The van der Waals surface area contributed by atoms with Gasteiger partial charge in [0.25, 0.3) is 0 Å². The van der Waals surface area contributed by atoms with Crippen molar-refractivity contribution in [2.24, 2.45) is 0 Å². The van der Waals surface area contributed by atoms with Crippen LogP contribution in [-0.4, -0.2) is 24.4 Å².